The number of nitrogens with zero attached hydrogens (tertiary/aromatic N) is 4. The normalized spacial score (nSPS) is 10.4. The lowest BCUT2D eigenvalue weighted by Crippen LogP contribution is -2.08. The molecule has 84 valence electrons. The molecule has 1 aromatic heterocycles. The summed E-state index contributed by atoms with van der Waals surface area (Å²) < 4.78 is 7.65. The monoisotopic (exact) mass is 283 g/mol. The molecule has 0 amide bonds. The number of hydrogen-bond acceptors (Lipinski definition) is 5. The molecule has 6 nitrogen and oxygen atoms in total. The van der Waals surface area contributed by atoms with E-state index in [4.69, 9.17) is 10.5 Å². The SMILES string of the molecule is COc1cc(-n2nnnc2CN)ccc1Br. The molecule has 0 radical (unpaired) electrons. The van der Waals surface area contributed by atoms with Gasteiger partial charge in [0.15, 0.2) is 5.82 Å². The minimum absolute atomic E-state index is 0.283. The maximum absolute atomic E-state index is 5.53. The highest BCUT2D eigenvalue weighted by Gasteiger charge is 2.08. The number of hydrogen-bond donors (Lipinski definition) is 1. The number of rotatable bonds is 3. The van der Waals surface area contributed by atoms with Crippen molar-refractivity contribution in [1.29, 1.82) is 0 Å². The second-order valence-electron chi connectivity index (χ2n) is 3.03. The smallest absolute Gasteiger partial charge is 0.170 e. The van der Waals surface area contributed by atoms with Crippen LogP contribution < -0.4 is 10.5 Å². The van der Waals surface area contributed by atoms with Crippen LogP contribution >= 0.6 is 15.9 Å². The molecule has 0 aliphatic carbocycles. The van der Waals surface area contributed by atoms with Crippen molar-refractivity contribution < 1.29 is 4.74 Å². The highest BCUT2D eigenvalue weighted by molar-refractivity contribution is 9.10. The van der Waals surface area contributed by atoms with Gasteiger partial charge >= 0.3 is 0 Å². The lowest BCUT2D eigenvalue weighted by molar-refractivity contribution is 0.411. The third-order valence-corrected chi connectivity index (χ3v) is 2.75. The van der Waals surface area contributed by atoms with Gasteiger partial charge in [-0.1, -0.05) is 0 Å². The van der Waals surface area contributed by atoms with Crippen LogP contribution in [0.15, 0.2) is 22.7 Å². The van der Waals surface area contributed by atoms with E-state index in [0.29, 0.717) is 5.82 Å². The van der Waals surface area contributed by atoms with Crippen LogP contribution in [0.3, 0.4) is 0 Å². The highest BCUT2D eigenvalue weighted by Crippen LogP contribution is 2.27. The number of tetrazole rings is 1. The maximum atomic E-state index is 5.53. The Morgan fingerprint density at radius 1 is 1.50 bits per heavy atom. The van der Waals surface area contributed by atoms with E-state index in [2.05, 4.69) is 31.5 Å². The van der Waals surface area contributed by atoms with E-state index in [9.17, 15) is 0 Å². The van der Waals surface area contributed by atoms with Gasteiger partial charge in [0.1, 0.15) is 5.75 Å². The summed E-state index contributed by atoms with van der Waals surface area (Å²) in [7, 11) is 1.60. The fraction of sp³-hybridized carbons (Fsp3) is 0.222. The van der Waals surface area contributed by atoms with E-state index >= 15 is 0 Å². The predicted molar refractivity (Wildman–Crippen MR) is 61.3 cm³/mol. The average molecular weight is 284 g/mol. The first-order valence-electron chi connectivity index (χ1n) is 4.57. The Labute approximate surface area is 101 Å². The number of nitrogens with two attached hydrogens (primary N) is 1. The van der Waals surface area contributed by atoms with Crippen LogP contribution in [0.2, 0.25) is 0 Å². The molecule has 1 heterocycles. The Morgan fingerprint density at radius 2 is 2.31 bits per heavy atom. The van der Waals surface area contributed by atoms with Crippen LogP contribution in [0.25, 0.3) is 5.69 Å². The quantitative estimate of drug-likeness (QED) is 0.905. The van der Waals surface area contributed by atoms with Gasteiger partial charge in [-0.3, -0.25) is 0 Å². The van der Waals surface area contributed by atoms with Crippen molar-refractivity contribution >= 4 is 15.9 Å². The lowest BCUT2D eigenvalue weighted by Gasteiger charge is -2.07. The summed E-state index contributed by atoms with van der Waals surface area (Å²) in [6, 6.07) is 5.58. The zero-order valence-electron chi connectivity index (χ0n) is 8.59. The molecular formula is C9H10BrN5O. The summed E-state index contributed by atoms with van der Waals surface area (Å²) >= 11 is 3.38. The highest BCUT2D eigenvalue weighted by atomic mass is 79.9. The molecule has 16 heavy (non-hydrogen) atoms. The molecule has 1 aromatic carbocycles. The summed E-state index contributed by atoms with van der Waals surface area (Å²) in [5.74, 6) is 1.32. The van der Waals surface area contributed by atoms with Crippen molar-refractivity contribution in [2.45, 2.75) is 6.54 Å². The third kappa shape index (κ3) is 1.91. The second-order valence-corrected chi connectivity index (χ2v) is 3.88. The number of benzene rings is 1. The minimum atomic E-state index is 0.283. The van der Waals surface area contributed by atoms with E-state index in [1.165, 1.54) is 0 Å². The molecule has 0 aliphatic heterocycles. The molecule has 7 heteroatoms. The summed E-state index contributed by atoms with van der Waals surface area (Å²) in [5.41, 5.74) is 6.34. The van der Waals surface area contributed by atoms with Gasteiger partial charge in [-0.05, 0) is 38.5 Å². The molecule has 0 unspecified atom stereocenters. The van der Waals surface area contributed by atoms with Crippen molar-refractivity contribution in [3.05, 3.63) is 28.5 Å². The Balaban J connectivity index is 2.48. The lowest BCUT2D eigenvalue weighted by atomic mass is 10.3. The fourth-order valence-corrected chi connectivity index (χ4v) is 1.72. The van der Waals surface area contributed by atoms with Crippen LogP contribution in [0.1, 0.15) is 5.82 Å². The van der Waals surface area contributed by atoms with Crippen molar-refractivity contribution in [3.63, 3.8) is 0 Å². The Hall–Kier alpha value is -1.47. The first-order valence-corrected chi connectivity index (χ1v) is 5.37. The van der Waals surface area contributed by atoms with Gasteiger partial charge in [-0.25, -0.2) is 0 Å². The standard InChI is InChI=1S/C9H10BrN5O/c1-16-8-4-6(2-3-7(8)10)15-9(5-11)12-13-14-15/h2-4H,5,11H2,1H3. The van der Waals surface area contributed by atoms with Crippen molar-refractivity contribution in [1.82, 2.24) is 20.2 Å². The van der Waals surface area contributed by atoms with Crippen LogP contribution in [-0.2, 0) is 6.54 Å². The summed E-state index contributed by atoms with van der Waals surface area (Å²) in [6.07, 6.45) is 0. The first kappa shape index (κ1) is 11.0. The van der Waals surface area contributed by atoms with E-state index in [0.717, 1.165) is 15.9 Å². The van der Waals surface area contributed by atoms with Gasteiger partial charge in [-0.15, -0.1) is 5.10 Å². The van der Waals surface area contributed by atoms with Gasteiger partial charge in [-0.2, -0.15) is 4.68 Å². The molecule has 2 aromatic rings. The molecule has 2 N–H and O–H groups in total. The fourth-order valence-electron chi connectivity index (χ4n) is 1.31. The average Bonchev–Trinajstić information content (AvgIpc) is 2.78. The minimum Gasteiger partial charge on any atom is -0.495 e. The summed E-state index contributed by atoms with van der Waals surface area (Å²) in [5, 5.41) is 11.3. The zero-order chi connectivity index (χ0) is 11.5. The molecule has 0 bridgehead atoms. The molecule has 0 fully saturated rings. The summed E-state index contributed by atoms with van der Waals surface area (Å²) in [6.45, 7) is 0.283. The van der Waals surface area contributed by atoms with Gasteiger partial charge < -0.3 is 10.5 Å². The van der Waals surface area contributed by atoms with E-state index in [1.54, 1.807) is 11.8 Å². The number of aromatic nitrogens is 4. The van der Waals surface area contributed by atoms with E-state index < -0.39 is 0 Å². The molecule has 0 saturated carbocycles. The molecule has 0 spiro atoms. The molecule has 0 aliphatic rings. The van der Waals surface area contributed by atoms with Crippen LogP contribution in [0.4, 0.5) is 0 Å². The van der Waals surface area contributed by atoms with Crippen LogP contribution in [0, 0.1) is 0 Å². The Kier molecular flexibility index (Phi) is 3.16. The third-order valence-electron chi connectivity index (χ3n) is 2.10. The van der Waals surface area contributed by atoms with Gasteiger partial charge in [0, 0.05) is 6.07 Å². The second kappa shape index (κ2) is 4.58. The Morgan fingerprint density at radius 3 is 3.00 bits per heavy atom. The van der Waals surface area contributed by atoms with E-state index in [1.807, 2.05) is 18.2 Å². The summed E-state index contributed by atoms with van der Waals surface area (Å²) in [4.78, 5) is 0. The first-order chi connectivity index (χ1) is 7.76. The van der Waals surface area contributed by atoms with Crippen molar-refractivity contribution in [2.75, 3.05) is 7.11 Å². The topological polar surface area (TPSA) is 78.8 Å². The molecule has 0 saturated heterocycles. The van der Waals surface area contributed by atoms with Gasteiger partial charge in [0.2, 0.25) is 0 Å². The number of ether oxygens (including phenoxy) is 1. The number of methoxy groups -OCH3 is 1. The largest absolute Gasteiger partial charge is 0.495 e. The zero-order valence-corrected chi connectivity index (χ0v) is 10.2. The van der Waals surface area contributed by atoms with Gasteiger partial charge in [0.25, 0.3) is 0 Å². The molecular weight excluding hydrogens is 274 g/mol. The predicted octanol–water partition coefficient (Wildman–Crippen LogP) is 0.892. The van der Waals surface area contributed by atoms with Crippen LogP contribution in [0.5, 0.6) is 5.75 Å². The van der Waals surface area contributed by atoms with Crippen molar-refractivity contribution in [3.8, 4) is 11.4 Å². The maximum Gasteiger partial charge on any atom is 0.170 e. The Bertz CT molecular complexity index is 498. The van der Waals surface area contributed by atoms with Crippen LogP contribution in [-0.4, -0.2) is 27.3 Å². The molecule has 2 rings (SSSR count). The molecule has 0 atom stereocenters. The van der Waals surface area contributed by atoms with E-state index in [-0.39, 0.29) is 6.54 Å². The number of halogens is 1. The van der Waals surface area contributed by atoms with Crippen molar-refractivity contribution in [2.24, 2.45) is 5.73 Å². The van der Waals surface area contributed by atoms with Gasteiger partial charge in [0.05, 0.1) is 23.8 Å².